The van der Waals surface area contributed by atoms with Crippen LogP contribution >= 0.6 is 0 Å². The highest BCUT2D eigenvalue weighted by Crippen LogP contribution is 2.28. The van der Waals surface area contributed by atoms with Gasteiger partial charge in [0.1, 0.15) is 0 Å². The standard InChI is InChI=1S/2C11H17NO3.H2O4S/c2*1-7(2)12-6-11(15)8-3-4-9(13)10(14)5-8;1-5(2,3)4/h2*3-5,7,11-15H,6H2,1-2H3;(H2,1,2,3,4)/p-2. The molecule has 35 heavy (non-hydrogen) atoms. The fraction of sp³-hybridized carbons (Fsp3) is 0.455. The Labute approximate surface area is 205 Å². The lowest BCUT2D eigenvalue weighted by Gasteiger charge is -2.14. The van der Waals surface area contributed by atoms with Crippen LogP contribution in [0.15, 0.2) is 36.4 Å². The van der Waals surface area contributed by atoms with E-state index >= 15 is 0 Å². The predicted octanol–water partition coefficient (Wildman–Crippen LogP) is 0.920. The summed E-state index contributed by atoms with van der Waals surface area (Å²) in [4.78, 5) is 0. The zero-order chi connectivity index (χ0) is 27.3. The van der Waals surface area contributed by atoms with E-state index in [9.17, 15) is 20.4 Å². The number of phenolic OH excluding ortho intramolecular Hbond substituents is 4. The number of rotatable bonds is 8. The van der Waals surface area contributed by atoms with Crippen LogP contribution in [0.3, 0.4) is 0 Å². The molecule has 0 amide bonds. The van der Waals surface area contributed by atoms with Crippen molar-refractivity contribution >= 4 is 10.4 Å². The number of hydrogen-bond donors (Lipinski definition) is 8. The average molecular weight is 519 g/mol. The molecule has 12 nitrogen and oxygen atoms in total. The van der Waals surface area contributed by atoms with Crippen LogP contribution in [0.25, 0.3) is 0 Å². The molecule has 2 unspecified atom stereocenters. The molecule has 0 aromatic heterocycles. The Morgan fingerprint density at radius 3 is 1.20 bits per heavy atom. The van der Waals surface area contributed by atoms with Gasteiger partial charge < -0.3 is 50.4 Å². The normalized spacial score (nSPS) is 12.9. The van der Waals surface area contributed by atoms with E-state index in [2.05, 4.69) is 10.6 Å². The van der Waals surface area contributed by atoms with Crippen LogP contribution in [0.5, 0.6) is 23.0 Å². The predicted molar refractivity (Wildman–Crippen MR) is 126 cm³/mol. The second kappa shape index (κ2) is 15.4. The highest BCUT2D eigenvalue weighted by molar-refractivity contribution is 7.79. The Kier molecular flexibility index (Phi) is 14.2. The quantitative estimate of drug-likeness (QED) is 0.139. The minimum absolute atomic E-state index is 0.178. The summed E-state index contributed by atoms with van der Waals surface area (Å²) < 4.78 is 34.1. The van der Waals surface area contributed by atoms with Crippen LogP contribution < -0.4 is 10.6 Å². The summed E-state index contributed by atoms with van der Waals surface area (Å²) in [5.74, 6) is -0.780. The van der Waals surface area contributed by atoms with Gasteiger partial charge in [0.05, 0.1) is 12.2 Å². The van der Waals surface area contributed by atoms with Crippen molar-refractivity contribution in [3.05, 3.63) is 47.5 Å². The van der Waals surface area contributed by atoms with E-state index in [-0.39, 0.29) is 23.0 Å². The van der Waals surface area contributed by atoms with Crippen molar-refractivity contribution in [1.82, 2.24) is 10.6 Å². The summed E-state index contributed by atoms with van der Waals surface area (Å²) in [6, 6.07) is 9.22. The first kappa shape index (κ1) is 32.4. The van der Waals surface area contributed by atoms with Crippen LogP contribution in [-0.2, 0) is 10.4 Å². The van der Waals surface area contributed by atoms with Gasteiger partial charge in [-0.3, -0.25) is 8.42 Å². The third-order valence-corrected chi connectivity index (χ3v) is 4.21. The van der Waals surface area contributed by atoms with E-state index < -0.39 is 22.6 Å². The van der Waals surface area contributed by atoms with Gasteiger partial charge in [0.15, 0.2) is 23.0 Å². The fourth-order valence-corrected chi connectivity index (χ4v) is 2.43. The minimum Gasteiger partial charge on any atom is -0.759 e. The lowest BCUT2D eigenvalue weighted by molar-refractivity contribution is 0.171. The molecule has 0 aliphatic carbocycles. The van der Waals surface area contributed by atoms with E-state index in [1.807, 2.05) is 27.7 Å². The van der Waals surface area contributed by atoms with Gasteiger partial charge in [0.25, 0.3) is 0 Å². The molecule has 0 radical (unpaired) electrons. The van der Waals surface area contributed by atoms with Crippen molar-refractivity contribution in [2.24, 2.45) is 0 Å². The van der Waals surface area contributed by atoms with Gasteiger partial charge in [-0.25, -0.2) is 0 Å². The molecule has 0 saturated carbocycles. The molecule has 2 aromatic rings. The lowest BCUT2D eigenvalue weighted by atomic mass is 10.1. The van der Waals surface area contributed by atoms with Crippen molar-refractivity contribution in [3.63, 3.8) is 0 Å². The maximum Gasteiger partial charge on any atom is 0.157 e. The van der Waals surface area contributed by atoms with Crippen LogP contribution in [0.4, 0.5) is 0 Å². The molecule has 0 aliphatic rings. The van der Waals surface area contributed by atoms with Gasteiger partial charge in [0, 0.05) is 35.6 Å². The number of nitrogens with one attached hydrogen (secondary N) is 2. The fourth-order valence-electron chi connectivity index (χ4n) is 2.43. The van der Waals surface area contributed by atoms with Gasteiger partial charge in [-0.05, 0) is 35.4 Å². The topological polar surface area (TPSA) is 226 Å². The molecule has 2 aromatic carbocycles. The van der Waals surface area contributed by atoms with Crippen molar-refractivity contribution in [2.45, 2.75) is 52.0 Å². The zero-order valence-corrected chi connectivity index (χ0v) is 20.7. The Morgan fingerprint density at radius 2 is 0.971 bits per heavy atom. The highest BCUT2D eigenvalue weighted by atomic mass is 32.3. The summed E-state index contributed by atoms with van der Waals surface area (Å²) >= 11 is 0. The second-order valence-corrected chi connectivity index (χ2v) is 8.88. The molecular formula is C22H34N2O10S-2. The highest BCUT2D eigenvalue weighted by Gasteiger charge is 2.11. The van der Waals surface area contributed by atoms with Crippen molar-refractivity contribution in [2.75, 3.05) is 13.1 Å². The number of aliphatic hydroxyl groups excluding tert-OH is 2. The van der Waals surface area contributed by atoms with E-state index in [0.29, 0.717) is 36.3 Å². The van der Waals surface area contributed by atoms with Gasteiger partial charge in [0.2, 0.25) is 0 Å². The lowest BCUT2D eigenvalue weighted by Crippen LogP contribution is -2.27. The van der Waals surface area contributed by atoms with Crippen molar-refractivity contribution in [3.8, 4) is 23.0 Å². The van der Waals surface area contributed by atoms with Gasteiger partial charge in [-0.1, -0.05) is 39.8 Å². The Hall–Kier alpha value is -2.65. The first-order chi connectivity index (χ1) is 16.0. The average Bonchev–Trinajstić information content (AvgIpc) is 2.73. The number of hydrogen-bond acceptors (Lipinski definition) is 12. The first-order valence-corrected chi connectivity index (χ1v) is 11.9. The molecular weight excluding hydrogens is 484 g/mol. The third-order valence-electron chi connectivity index (χ3n) is 4.21. The molecule has 8 N–H and O–H groups in total. The first-order valence-electron chi connectivity index (χ1n) is 10.5. The summed E-state index contributed by atoms with van der Waals surface area (Å²) in [6.45, 7) is 8.79. The third kappa shape index (κ3) is 15.8. The molecule has 2 atom stereocenters. The Bertz CT molecular complexity index is 926. The van der Waals surface area contributed by atoms with E-state index in [4.69, 9.17) is 27.7 Å². The number of aliphatic hydroxyl groups is 2. The summed E-state index contributed by atoms with van der Waals surface area (Å²) in [6.07, 6.45) is -1.36. The number of phenols is 4. The molecule has 0 fully saturated rings. The van der Waals surface area contributed by atoms with Gasteiger partial charge >= 0.3 is 0 Å². The molecule has 0 bridgehead atoms. The second-order valence-electron chi connectivity index (χ2n) is 8.06. The van der Waals surface area contributed by atoms with Crippen LogP contribution in [0, 0.1) is 0 Å². The smallest absolute Gasteiger partial charge is 0.157 e. The summed E-state index contributed by atoms with van der Waals surface area (Å²) in [5.41, 5.74) is 1.16. The summed E-state index contributed by atoms with van der Waals surface area (Å²) in [7, 11) is -5.17. The van der Waals surface area contributed by atoms with E-state index in [1.54, 1.807) is 12.1 Å². The summed E-state index contributed by atoms with van der Waals surface area (Å²) in [5, 5.41) is 62.3. The Balaban J connectivity index is 0.000000555. The molecule has 2 rings (SSSR count). The van der Waals surface area contributed by atoms with Crippen LogP contribution in [0.1, 0.15) is 51.0 Å². The maximum absolute atomic E-state index is 9.73. The van der Waals surface area contributed by atoms with Crippen molar-refractivity contribution in [1.29, 1.82) is 0 Å². The zero-order valence-electron chi connectivity index (χ0n) is 19.9. The van der Waals surface area contributed by atoms with E-state index in [0.717, 1.165) is 0 Å². The minimum atomic E-state index is -5.17. The monoisotopic (exact) mass is 518 g/mol. The molecule has 0 heterocycles. The SMILES string of the molecule is CC(C)NCC(O)c1ccc(O)c(O)c1.CC(C)NCC(O)c1ccc(O)c(O)c1.O=S(=O)([O-])[O-]. The van der Waals surface area contributed by atoms with Crippen molar-refractivity contribution < 1.29 is 48.2 Å². The molecule has 0 saturated heterocycles. The number of benzene rings is 2. The van der Waals surface area contributed by atoms with Crippen LogP contribution in [0.2, 0.25) is 0 Å². The molecule has 0 aliphatic heterocycles. The molecule has 0 spiro atoms. The maximum atomic E-state index is 9.73. The molecule has 200 valence electrons. The van der Waals surface area contributed by atoms with Gasteiger partial charge in [-0.15, -0.1) is 0 Å². The largest absolute Gasteiger partial charge is 0.759 e. The molecule has 13 heteroatoms. The van der Waals surface area contributed by atoms with Crippen LogP contribution in [-0.4, -0.2) is 73.3 Å². The van der Waals surface area contributed by atoms with Gasteiger partial charge in [-0.2, -0.15) is 0 Å². The van der Waals surface area contributed by atoms with E-state index in [1.165, 1.54) is 24.3 Å². The Morgan fingerprint density at radius 1 is 0.686 bits per heavy atom. The number of aromatic hydroxyl groups is 4.